The van der Waals surface area contributed by atoms with Crippen LogP contribution in [-0.4, -0.2) is 17.1 Å². The van der Waals surface area contributed by atoms with E-state index in [-0.39, 0.29) is 5.97 Å². The third-order valence-corrected chi connectivity index (χ3v) is 2.89. The molecule has 3 nitrogen and oxygen atoms in total. The van der Waals surface area contributed by atoms with E-state index in [1.54, 1.807) is 0 Å². The average molecular weight is 207 g/mol. The predicted octanol–water partition coefficient (Wildman–Crippen LogP) is 2.78. The van der Waals surface area contributed by atoms with E-state index in [1.807, 2.05) is 25.3 Å². The van der Waals surface area contributed by atoms with E-state index in [2.05, 4.69) is 4.57 Å². The average Bonchev–Trinajstić information content (AvgIpc) is 2.60. The molecule has 0 bridgehead atoms. The highest BCUT2D eigenvalue weighted by Gasteiger charge is 2.23. The van der Waals surface area contributed by atoms with Crippen molar-refractivity contribution < 1.29 is 9.53 Å². The maximum atomic E-state index is 11.7. The van der Waals surface area contributed by atoms with Crippen molar-refractivity contribution in [3.63, 3.8) is 0 Å². The molecule has 0 N–H and O–H groups in total. The molecular formula is C12H17NO2. The molecule has 1 heterocycles. The maximum absolute atomic E-state index is 11.7. The summed E-state index contributed by atoms with van der Waals surface area (Å²) in [4.78, 5) is 11.7. The Labute approximate surface area is 90.0 Å². The summed E-state index contributed by atoms with van der Waals surface area (Å²) in [5, 5.41) is 0. The van der Waals surface area contributed by atoms with Crippen LogP contribution in [0.4, 0.5) is 0 Å². The molecule has 82 valence electrons. The van der Waals surface area contributed by atoms with Crippen LogP contribution in [0.1, 0.15) is 49.1 Å². The highest BCUT2D eigenvalue weighted by atomic mass is 16.5. The zero-order chi connectivity index (χ0) is 10.7. The second kappa shape index (κ2) is 4.51. The van der Waals surface area contributed by atoms with Crippen LogP contribution in [0.5, 0.6) is 0 Å². The monoisotopic (exact) mass is 207 g/mol. The van der Waals surface area contributed by atoms with Gasteiger partial charge in [-0.05, 0) is 37.8 Å². The number of nitrogens with zero attached hydrogens (tertiary/aromatic N) is 1. The molecule has 1 saturated carbocycles. The van der Waals surface area contributed by atoms with Crippen LogP contribution in [0, 0.1) is 0 Å². The van der Waals surface area contributed by atoms with Crippen molar-refractivity contribution in [1.29, 1.82) is 0 Å². The first-order valence-electron chi connectivity index (χ1n) is 5.67. The molecule has 0 aliphatic heterocycles. The number of hydrogen-bond acceptors (Lipinski definition) is 2. The van der Waals surface area contributed by atoms with Crippen molar-refractivity contribution in [2.24, 2.45) is 0 Å². The van der Waals surface area contributed by atoms with E-state index < -0.39 is 0 Å². The largest absolute Gasteiger partial charge is 0.461 e. The molecule has 0 unspecified atom stereocenters. The van der Waals surface area contributed by atoms with Gasteiger partial charge in [0.15, 0.2) is 0 Å². The predicted molar refractivity (Wildman–Crippen MR) is 57.9 cm³/mol. The summed E-state index contributed by atoms with van der Waals surface area (Å²) in [6.07, 6.45) is 6.49. The number of carbonyl (C=O) groups is 1. The molecule has 1 aromatic rings. The smallest absolute Gasteiger partial charge is 0.354 e. The van der Waals surface area contributed by atoms with Crippen molar-refractivity contribution in [3.8, 4) is 0 Å². The first-order valence-corrected chi connectivity index (χ1v) is 5.67. The molecule has 2 rings (SSSR count). The molecule has 1 aliphatic rings. The van der Waals surface area contributed by atoms with Crippen molar-refractivity contribution >= 4 is 5.97 Å². The van der Waals surface area contributed by atoms with Crippen LogP contribution < -0.4 is 0 Å². The fourth-order valence-corrected chi connectivity index (χ4v) is 1.82. The summed E-state index contributed by atoms with van der Waals surface area (Å²) >= 11 is 0. The van der Waals surface area contributed by atoms with E-state index in [0.717, 1.165) is 6.42 Å². The number of ether oxygens (including phenoxy) is 1. The molecule has 0 saturated heterocycles. The number of aromatic nitrogens is 1. The van der Waals surface area contributed by atoms with Gasteiger partial charge in [-0.1, -0.05) is 6.92 Å². The first-order chi connectivity index (χ1) is 7.33. The SMILES string of the molecule is CCCOC(=O)c1cccn1C1CCC1. The van der Waals surface area contributed by atoms with Gasteiger partial charge in [0.25, 0.3) is 0 Å². The van der Waals surface area contributed by atoms with Gasteiger partial charge in [0.2, 0.25) is 0 Å². The molecule has 1 aliphatic carbocycles. The van der Waals surface area contributed by atoms with Crippen LogP contribution in [0.2, 0.25) is 0 Å². The summed E-state index contributed by atoms with van der Waals surface area (Å²) in [6.45, 7) is 2.51. The maximum Gasteiger partial charge on any atom is 0.354 e. The molecule has 0 atom stereocenters. The number of carbonyl (C=O) groups excluding carboxylic acids is 1. The summed E-state index contributed by atoms with van der Waals surface area (Å²) in [5.74, 6) is -0.186. The Morgan fingerprint density at radius 3 is 3.00 bits per heavy atom. The topological polar surface area (TPSA) is 31.2 Å². The lowest BCUT2D eigenvalue weighted by molar-refractivity contribution is 0.0486. The minimum Gasteiger partial charge on any atom is -0.461 e. The van der Waals surface area contributed by atoms with E-state index in [0.29, 0.717) is 18.3 Å². The Hall–Kier alpha value is -1.25. The summed E-state index contributed by atoms with van der Waals surface area (Å²) in [5.41, 5.74) is 0.702. The molecule has 3 heteroatoms. The van der Waals surface area contributed by atoms with Crippen molar-refractivity contribution in [1.82, 2.24) is 4.57 Å². The second-order valence-corrected chi connectivity index (χ2v) is 4.02. The Bertz CT molecular complexity index is 339. The van der Waals surface area contributed by atoms with Crippen LogP contribution in [-0.2, 0) is 4.74 Å². The van der Waals surface area contributed by atoms with Crippen molar-refractivity contribution in [3.05, 3.63) is 24.0 Å². The van der Waals surface area contributed by atoms with Gasteiger partial charge < -0.3 is 9.30 Å². The Kier molecular flexibility index (Phi) is 3.09. The molecule has 15 heavy (non-hydrogen) atoms. The minimum absolute atomic E-state index is 0.186. The summed E-state index contributed by atoms with van der Waals surface area (Å²) in [7, 11) is 0. The van der Waals surface area contributed by atoms with Crippen molar-refractivity contribution in [2.75, 3.05) is 6.61 Å². The lowest BCUT2D eigenvalue weighted by Gasteiger charge is -2.28. The third kappa shape index (κ3) is 2.06. The van der Waals surface area contributed by atoms with E-state index in [1.165, 1.54) is 19.3 Å². The Balaban J connectivity index is 2.06. The molecule has 1 fully saturated rings. The number of hydrogen-bond donors (Lipinski definition) is 0. The molecule has 0 spiro atoms. The third-order valence-electron chi connectivity index (χ3n) is 2.89. The van der Waals surface area contributed by atoms with Crippen LogP contribution in [0.25, 0.3) is 0 Å². The highest BCUT2D eigenvalue weighted by molar-refractivity contribution is 5.87. The second-order valence-electron chi connectivity index (χ2n) is 4.02. The fraction of sp³-hybridized carbons (Fsp3) is 0.583. The lowest BCUT2D eigenvalue weighted by atomic mass is 9.93. The van der Waals surface area contributed by atoms with Gasteiger partial charge in [-0.2, -0.15) is 0 Å². The summed E-state index contributed by atoms with van der Waals surface area (Å²) in [6, 6.07) is 4.28. The van der Waals surface area contributed by atoms with Gasteiger partial charge in [-0.3, -0.25) is 0 Å². The summed E-state index contributed by atoms with van der Waals surface area (Å²) < 4.78 is 7.19. The van der Waals surface area contributed by atoms with Gasteiger partial charge >= 0.3 is 5.97 Å². The van der Waals surface area contributed by atoms with Crippen LogP contribution in [0.3, 0.4) is 0 Å². The molecule has 0 amide bonds. The van der Waals surface area contributed by atoms with E-state index >= 15 is 0 Å². The molecule has 1 aromatic heterocycles. The van der Waals surface area contributed by atoms with Gasteiger partial charge in [0.1, 0.15) is 5.69 Å². The lowest BCUT2D eigenvalue weighted by Crippen LogP contribution is -2.21. The van der Waals surface area contributed by atoms with Gasteiger partial charge in [-0.15, -0.1) is 0 Å². The number of esters is 1. The molecular weight excluding hydrogens is 190 g/mol. The zero-order valence-electron chi connectivity index (χ0n) is 9.11. The normalized spacial score (nSPS) is 16.1. The highest BCUT2D eigenvalue weighted by Crippen LogP contribution is 2.32. The van der Waals surface area contributed by atoms with Gasteiger partial charge in [0, 0.05) is 12.2 Å². The van der Waals surface area contributed by atoms with Crippen molar-refractivity contribution in [2.45, 2.75) is 38.6 Å². The molecule has 0 radical (unpaired) electrons. The molecule has 0 aromatic carbocycles. The van der Waals surface area contributed by atoms with Crippen LogP contribution in [0.15, 0.2) is 18.3 Å². The fourth-order valence-electron chi connectivity index (χ4n) is 1.82. The Morgan fingerprint density at radius 1 is 1.60 bits per heavy atom. The first kappa shape index (κ1) is 10.3. The Morgan fingerprint density at radius 2 is 2.40 bits per heavy atom. The number of rotatable bonds is 4. The minimum atomic E-state index is -0.186. The zero-order valence-corrected chi connectivity index (χ0v) is 9.11. The van der Waals surface area contributed by atoms with E-state index in [9.17, 15) is 4.79 Å². The standard InChI is InChI=1S/C12H17NO2/c1-2-9-15-12(14)11-7-4-8-13(11)10-5-3-6-10/h4,7-8,10H,2-3,5-6,9H2,1H3. The van der Waals surface area contributed by atoms with Crippen LogP contribution >= 0.6 is 0 Å². The van der Waals surface area contributed by atoms with E-state index in [4.69, 9.17) is 4.74 Å². The van der Waals surface area contributed by atoms with Gasteiger partial charge in [-0.25, -0.2) is 4.79 Å². The quantitative estimate of drug-likeness (QED) is 0.711. The van der Waals surface area contributed by atoms with Gasteiger partial charge in [0.05, 0.1) is 6.61 Å².